The summed E-state index contributed by atoms with van der Waals surface area (Å²) in [4.78, 5) is 5.71. The van der Waals surface area contributed by atoms with E-state index in [1.165, 1.54) is 22.3 Å². The lowest BCUT2D eigenvalue weighted by molar-refractivity contribution is 0.891. The minimum Gasteiger partial charge on any atom is -0.242 e. The van der Waals surface area contributed by atoms with Gasteiger partial charge in [-0.05, 0) is 23.9 Å². The van der Waals surface area contributed by atoms with Gasteiger partial charge in [0.25, 0.3) is 0 Å². The first-order valence-corrected chi connectivity index (χ1v) is 5.11. The van der Waals surface area contributed by atoms with Gasteiger partial charge < -0.3 is 0 Å². The van der Waals surface area contributed by atoms with Crippen LogP contribution < -0.4 is 0 Å². The number of hydrogen-bond donors (Lipinski definition) is 0. The summed E-state index contributed by atoms with van der Waals surface area (Å²) in [5.41, 5.74) is 1.22. The van der Waals surface area contributed by atoms with Crippen molar-refractivity contribution in [2.75, 3.05) is 0 Å². The van der Waals surface area contributed by atoms with Gasteiger partial charge in [-0.15, -0.1) is 11.3 Å². The second kappa shape index (κ2) is 3.23. The van der Waals surface area contributed by atoms with Crippen molar-refractivity contribution in [3.8, 4) is 0 Å². The number of aromatic nitrogens is 1. The van der Waals surface area contributed by atoms with Gasteiger partial charge >= 0.3 is 0 Å². The van der Waals surface area contributed by atoms with Crippen LogP contribution in [-0.4, -0.2) is 4.98 Å². The van der Waals surface area contributed by atoms with Gasteiger partial charge in [-0.3, -0.25) is 0 Å². The summed E-state index contributed by atoms with van der Waals surface area (Å²) >= 11 is 1.72. The molecule has 0 aliphatic rings. The van der Waals surface area contributed by atoms with Crippen molar-refractivity contribution in [1.82, 2.24) is 4.98 Å². The zero-order chi connectivity index (χ0) is 8.39. The predicted octanol–water partition coefficient (Wildman–Crippen LogP) is 3.25. The Morgan fingerprint density at radius 2 is 2.25 bits per heavy atom. The largest absolute Gasteiger partial charge is 0.242 e. The normalized spacial score (nSPS) is 10.8. The Bertz CT molecular complexity index is 378. The van der Waals surface area contributed by atoms with Gasteiger partial charge in [-0.1, -0.05) is 19.4 Å². The standard InChI is InChI=1S/C10H11NS/c1-2-3-9-5-4-8-6-7-12-10(8)11-9/h4-7H,2-3H2,1H3. The molecule has 2 heterocycles. The number of thiophene rings is 1. The molecular weight excluding hydrogens is 166 g/mol. The molecule has 0 bridgehead atoms. The predicted molar refractivity (Wildman–Crippen MR) is 53.6 cm³/mol. The highest BCUT2D eigenvalue weighted by Crippen LogP contribution is 2.18. The minimum absolute atomic E-state index is 1.09. The number of pyridine rings is 1. The summed E-state index contributed by atoms with van der Waals surface area (Å²) in [6, 6.07) is 6.39. The van der Waals surface area contributed by atoms with Crippen LogP contribution in [0.25, 0.3) is 10.2 Å². The van der Waals surface area contributed by atoms with E-state index in [2.05, 4.69) is 35.5 Å². The number of rotatable bonds is 2. The molecule has 0 aliphatic heterocycles. The zero-order valence-corrected chi connectivity index (χ0v) is 7.90. The lowest BCUT2D eigenvalue weighted by Crippen LogP contribution is -1.86. The molecule has 0 atom stereocenters. The average molecular weight is 177 g/mol. The molecule has 2 aromatic heterocycles. The fourth-order valence-electron chi connectivity index (χ4n) is 1.28. The van der Waals surface area contributed by atoms with E-state index in [-0.39, 0.29) is 0 Å². The van der Waals surface area contributed by atoms with Gasteiger partial charge in [0.1, 0.15) is 4.83 Å². The van der Waals surface area contributed by atoms with E-state index in [1.54, 1.807) is 11.3 Å². The molecule has 0 N–H and O–H groups in total. The number of nitrogens with zero attached hydrogens (tertiary/aromatic N) is 1. The number of aryl methyl sites for hydroxylation is 1. The summed E-state index contributed by atoms with van der Waals surface area (Å²) in [6.07, 6.45) is 2.26. The quantitative estimate of drug-likeness (QED) is 0.686. The first-order valence-electron chi connectivity index (χ1n) is 4.23. The molecule has 2 heteroatoms. The maximum Gasteiger partial charge on any atom is 0.123 e. The molecular formula is C10H11NS. The van der Waals surface area contributed by atoms with Gasteiger partial charge in [-0.25, -0.2) is 4.98 Å². The fraction of sp³-hybridized carbons (Fsp3) is 0.300. The SMILES string of the molecule is CCCc1ccc2ccsc2n1. The minimum atomic E-state index is 1.09. The van der Waals surface area contributed by atoms with Crippen LogP contribution in [0.3, 0.4) is 0 Å². The van der Waals surface area contributed by atoms with Gasteiger partial charge in [0.2, 0.25) is 0 Å². The Morgan fingerprint density at radius 3 is 3.08 bits per heavy atom. The van der Waals surface area contributed by atoms with E-state index in [0.717, 1.165) is 6.42 Å². The highest BCUT2D eigenvalue weighted by atomic mass is 32.1. The van der Waals surface area contributed by atoms with Crippen LogP contribution in [0.4, 0.5) is 0 Å². The first kappa shape index (κ1) is 7.74. The van der Waals surface area contributed by atoms with Crippen LogP contribution in [0.2, 0.25) is 0 Å². The molecule has 0 fully saturated rings. The summed E-state index contributed by atoms with van der Waals surface area (Å²) in [5, 5.41) is 3.35. The van der Waals surface area contributed by atoms with Crippen LogP contribution in [0.1, 0.15) is 19.0 Å². The third-order valence-electron chi connectivity index (χ3n) is 1.88. The van der Waals surface area contributed by atoms with E-state index in [1.807, 2.05) is 0 Å². The Morgan fingerprint density at radius 1 is 1.33 bits per heavy atom. The summed E-state index contributed by atoms with van der Waals surface area (Å²) in [5.74, 6) is 0. The maximum absolute atomic E-state index is 4.54. The molecule has 2 aromatic rings. The van der Waals surface area contributed by atoms with Crippen molar-refractivity contribution >= 4 is 21.6 Å². The first-order chi connectivity index (χ1) is 5.90. The molecule has 0 saturated carbocycles. The number of fused-ring (bicyclic) bond motifs is 1. The Kier molecular flexibility index (Phi) is 2.09. The summed E-state index contributed by atoms with van der Waals surface area (Å²) in [7, 11) is 0. The van der Waals surface area contributed by atoms with Crippen LogP contribution in [0.5, 0.6) is 0 Å². The van der Waals surface area contributed by atoms with Crippen molar-refractivity contribution in [3.63, 3.8) is 0 Å². The van der Waals surface area contributed by atoms with Gasteiger partial charge in [-0.2, -0.15) is 0 Å². The van der Waals surface area contributed by atoms with E-state index in [0.29, 0.717) is 0 Å². The molecule has 1 nitrogen and oxygen atoms in total. The monoisotopic (exact) mass is 177 g/mol. The van der Waals surface area contributed by atoms with Gasteiger partial charge in [0, 0.05) is 11.1 Å². The zero-order valence-electron chi connectivity index (χ0n) is 7.08. The molecule has 12 heavy (non-hydrogen) atoms. The van der Waals surface area contributed by atoms with Crippen molar-refractivity contribution in [2.45, 2.75) is 19.8 Å². The smallest absolute Gasteiger partial charge is 0.123 e. The van der Waals surface area contributed by atoms with Crippen LogP contribution in [0, 0.1) is 0 Å². The van der Waals surface area contributed by atoms with E-state index >= 15 is 0 Å². The third-order valence-corrected chi connectivity index (χ3v) is 2.70. The van der Waals surface area contributed by atoms with Crippen molar-refractivity contribution in [2.24, 2.45) is 0 Å². The molecule has 0 spiro atoms. The van der Waals surface area contributed by atoms with Crippen LogP contribution in [-0.2, 0) is 6.42 Å². The average Bonchev–Trinajstić information content (AvgIpc) is 2.51. The second-order valence-corrected chi connectivity index (χ2v) is 3.76. The Labute approximate surface area is 76.1 Å². The molecule has 2 rings (SSSR count). The lowest BCUT2D eigenvalue weighted by Gasteiger charge is -1.96. The third kappa shape index (κ3) is 1.34. The van der Waals surface area contributed by atoms with E-state index in [9.17, 15) is 0 Å². The highest BCUT2D eigenvalue weighted by Gasteiger charge is 1.97. The van der Waals surface area contributed by atoms with Crippen molar-refractivity contribution in [1.29, 1.82) is 0 Å². The Hall–Kier alpha value is -0.890. The second-order valence-electron chi connectivity index (χ2n) is 2.87. The maximum atomic E-state index is 4.54. The van der Waals surface area contributed by atoms with Gasteiger partial charge in [0.05, 0.1) is 0 Å². The molecule has 0 aliphatic carbocycles. The molecule has 62 valence electrons. The highest BCUT2D eigenvalue weighted by molar-refractivity contribution is 7.16. The molecule has 0 amide bonds. The topological polar surface area (TPSA) is 12.9 Å². The van der Waals surface area contributed by atoms with Crippen LogP contribution in [0.15, 0.2) is 23.6 Å². The van der Waals surface area contributed by atoms with E-state index in [4.69, 9.17) is 0 Å². The van der Waals surface area contributed by atoms with Crippen molar-refractivity contribution < 1.29 is 0 Å². The number of hydrogen-bond acceptors (Lipinski definition) is 2. The van der Waals surface area contributed by atoms with Crippen LogP contribution >= 0.6 is 11.3 Å². The molecule has 0 unspecified atom stereocenters. The van der Waals surface area contributed by atoms with Gasteiger partial charge in [0.15, 0.2) is 0 Å². The fourth-order valence-corrected chi connectivity index (χ4v) is 2.06. The lowest BCUT2D eigenvalue weighted by atomic mass is 10.2. The van der Waals surface area contributed by atoms with Crippen molar-refractivity contribution in [3.05, 3.63) is 29.3 Å². The molecule has 0 radical (unpaired) electrons. The summed E-state index contributed by atoms with van der Waals surface area (Å²) < 4.78 is 0. The molecule has 0 saturated heterocycles. The Balaban J connectivity index is 2.46. The van der Waals surface area contributed by atoms with E-state index < -0.39 is 0 Å². The summed E-state index contributed by atoms with van der Waals surface area (Å²) in [6.45, 7) is 2.18. The molecule has 0 aromatic carbocycles.